The molecule has 0 radical (unpaired) electrons. The third kappa shape index (κ3) is 2.64. The number of hydrogen-bond donors (Lipinski definition) is 2. The molecule has 2 aromatic rings. The Labute approximate surface area is 107 Å². The molecule has 1 heterocycles. The predicted octanol–water partition coefficient (Wildman–Crippen LogP) is 3.37. The van der Waals surface area contributed by atoms with E-state index in [0.717, 1.165) is 14.9 Å². The molecule has 4 heteroatoms. The van der Waals surface area contributed by atoms with E-state index in [0.29, 0.717) is 12.1 Å². The Kier molecular flexibility index (Phi) is 3.63. The quantitative estimate of drug-likeness (QED) is 0.853. The highest BCUT2D eigenvalue weighted by molar-refractivity contribution is 9.10. The van der Waals surface area contributed by atoms with Crippen molar-refractivity contribution in [2.24, 2.45) is 0 Å². The lowest BCUT2D eigenvalue weighted by Gasteiger charge is -2.10. The topological polar surface area (TPSA) is 46.2 Å². The summed E-state index contributed by atoms with van der Waals surface area (Å²) in [5.41, 5.74) is 7.23. The first-order valence-corrected chi connectivity index (χ1v) is 6.59. The van der Waals surface area contributed by atoms with Crippen LogP contribution in [-0.2, 0) is 6.42 Å². The second kappa shape index (κ2) is 4.99. The van der Waals surface area contributed by atoms with Gasteiger partial charge >= 0.3 is 0 Å². The minimum Gasteiger partial charge on any atom is -0.399 e. The smallest absolute Gasteiger partial charge is 0.0839 e. The molecule has 1 aromatic carbocycles. The van der Waals surface area contributed by atoms with Gasteiger partial charge in [0.05, 0.1) is 6.10 Å². The Bertz CT molecular complexity index is 483. The van der Waals surface area contributed by atoms with Gasteiger partial charge < -0.3 is 10.8 Å². The normalized spacial score (nSPS) is 12.6. The second-order valence-electron chi connectivity index (χ2n) is 3.58. The van der Waals surface area contributed by atoms with Crippen molar-refractivity contribution in [3.8, 4) is 0 Å². The summed E-state index contributed by atoms with van der Waals surface area (Å²) in [6.07, 6.45) is 0.111. The van der Waals surface area contributed by atoms with Gasteiger partial charge in [-0.3, -0.25) is 0 Å². The van der Waals surface area contributed by atoms with Crippen molar-refractivity contribution in [1.29, 1.82) is 0 Å². The van der Waals surface area contributed by atoms with Gasteiger partial charge in [0.2, 0.25) is 0 Å². The van der Waals surface area contributed by atoms with Crippen LogP contribution in [0.4, 0.5) is 5.69 Å². The van der Waals surface area contributed by atoms with Crippen LogP contribution in [-0.4, -0.2) is 5.11 Å². The molecule has 0 aliphatic heterocycles. The molecule has 0 aliphatic carbocycles. The van der Waals surface area contributed by atoms with Crippen molar-refractivity contribution >= 4 is 33.0 Å². The molecule has 0 saturated heterocycles. The minimum absolute atomic E-state index is 0.501. The predicted molar refractivity (Wildman–Crippen MR) is 71.5 cm³/mol. The van der Waals surface area contributed by atoms with Crippen molar-refractivity contribution in [2.75, 3.05) is 5.73 Å². The fourth-order valence-corrected chi connectivity index (χ4v) is 3.08. The largest absolute Gasteiger partial charge is 0.399 e. The lowest BCUT2D eigenvalue weighted by molar-refractivity contribution is 0.179. The van der Waals surface area contributed by atoms with Crippen LogP contribution >= 0.6 is 27.3 Å². The van der Waals surface area contributed by atoms with Gasteiger partial charge in [-0.15, -0.1) is 11.3 Å². The van der Waals surface area contributed by atoms with Crippen molar-refractivity contribution in [2.45, 2.75) is 12.5 Å². The molecular formula is C12H12BrNOS. The zero-order chi connectivity index (χ0) is 11.5. The van der Waals surface area contributed by atoms with E-state index in [1.165, 1.54) is 0 Å². The van der Waals surface area contributed by atoms with E-state index >= 15 is 0 Å². The average molecular weight is 298 g/mol. The van der Waals surface area contributed by atoms with E-state index in [9.17, 15) is 5.11 Å². The van der Waals surface area contributed by atoms with Crippen LogP contribution in [0.25, 0.3) is 0 Å². The molecule has 1 aromatic heterocycles. The summed E-state index contributed by atoms with van der Waals surface area (Å²) in [6.45, 7) is 0. The fourth-order valence-electron chi connectivity index (χ4n) is 1.53. The highest BCUT2D eigenvalue weighted by atomic mass is 79.9. The molecule has 16 heavy (non-hydrogen) atoms. The first kappa shape index (κ1) is 11.6. The summed E-state index contributed by atoms with van der Waals surface area (Å²) in [4.78, 5) is 1.15. The third-order valence-electron chi connectivity index (χ3n) is 2.37. The molecule has 0 saturated carbocycles. The van der Waals surface area contributed by atoms with Gasteiger partial charge in [0, 0.05) is 21.5 Å². The number of hydrogen-bond acceptors (Lipinski definition) is 3. The zero-order valence-electron chi connectivity index (χ0n) is 8.56. The lowest BCUT2D eigenvalue weighted by atomic mass is 10.1. The fraction of sp³-hybridized carbons (Fsp3) is 0.167. The molecule has 84 valence electrons. The number of aliphatic hydroxyl groups is 1. The SMILES string of the molecule is Nc1cccc(C(O)Cc2sccc2Br)c1. The standard InChI is InChI=1S/C12H12BrNOS/c13-10-4-5-16-12(10)7-11(15)8-2-1-3-9(14)6-8/h1-6,11,15H,7,14H2. The molecule has 3 N–H and O–H groups in total. The number of thiophene rings is 1. The maximum Gasteiger partial charge on any atom is 0.0839 e. The molecule has 1 atom stereocenters. The molecule has 2 nitrogen and oxygen atoms in total. The maximum absolute atomic E-state index is 10.1. The number of aliphatic hydroxyl groups excluding tert-OH is 1. The molecule has 0 fully saturated rings. The molecule has 0 bridgehead atoms. The van der Waals surface area contributed by atoms with Crippen LogP contribution in [0, 0.1) is 0 Å². The monoisotopic (exact) mass is 297 g/mol. The molecule has 2 rings (SSSR count). The Balaban J connectivity index is 2.14. The number of rotatable bonds is 3. The Hall–Kier alpha value is -0.840. The van der Waals surface area contributed by atoms with Crippen molar-refractivity contribution in [3.05, 3.63) is 50.6 Å². The highest BCUT2D eigenvalue weighted by Gasteiger charge is 2.11. The summed E-state index contributed by atoms with van der Waals surface area (Å²) in [5, 5.41) is 12.1. The second-order valence-corrected chi connectivity index (χ2v) is 5.44. The van der Waals surface area contributed by atoms with E-state index in [2.05, 4.69) is 15.9 Å². The van der Waals surface area contributed by atoms with E-state index in [1.807, 2.05) is 35.7 Å². The van der Waals surface area contributed by atoms with Gasteiger partial charge in [0.15, 0.2) is 0 Å². The van der Waals surface area contributed by atoms with Crippen molar-refractivity contribution in [3.63, 3.8) is 0 Å². The molecule has 0 aliphatic rings. The van der Waals surface area contributed by atoms with Crippen LogP contribution in [0.15, 0.2) is 40.2 Å². The first-order valence-electron chi connectivity index (χ1n) is 4.92. The Morgan fingerprint density at radius 1 is 1.38 bits per heavy atom. The van der Waals surface area contributed by atoms with Gasteiger partial charge in [0.25, 0.3) is 0 Å². The van der Waals surface area contributed by atoms with Crippen LogP contribution < -0.4 is 5.73 Å². The van der Waals surface area contributed by atoms with E-state index in [1.54, 1.807) is 11.3 Å². The van der Waals surface area contributed by atoms with Crippen LogP contribution in [0.3, 0.4) is 0 Å². The highest BCUT2D eigenvalue weighted by Crippen LogP contribution is 2.28. The zero-order valence-corrected chi connectivity index (χ0v) is 11.0. The number of nitrogen functional groups attached to an aromatic ring is 1. The molecule has 0 spiro atoms. The van der Waals surface area contributed by atoms with Crippen LogP contribution in [0.2, 0.25) is 0 Å². The van der Waals surface area contributed by atoms with Gasteiger partial charge in [-0.2, -0.15) is 0 Å². The summed E-state index contributed by atoms with van der Waals surface area (Å²) in [7, 11) is 0. The van der Waals surface area contributed by atoms with Crippen LogP contribution in [0.1, 0.15) is 16.5 Å². The van der Waals surface area contributed by atoms with Gasteiger partial charge in [0.1, 0.15) is 0 Å². The summed E-state index contributed by atoms with van der Waals surface area (Å²) >= 11 is 5.10. The summed E-state index contributed by atoms with van der Waals surface area (Å²) in [6, 6.07) is 9.37. The number of benzene rings is 1. The van der Waals surface area contributed by atoms with Crippen molar-refractivity contribution < 1.29 is 5.11 Å². The maximum atomic E-state index is 10.1. The van der Waals surface area contributed by atoms with Gasteiger partial charge in [-0.25, -0.2) is 0 Å². The van der Waals surface area contributed by atoms with E-state index in [4.69, 9.17) is 5.73 Å². The number of anilines is 1. The molecule has 1 unspecified atom stereocenters. The lowest BCUT2D eigenvalue weighted by Crippen LogP contribution is -2.01. The Morgan fingerprint density at radius 3 is 2.81 bits per heavy atom. The minimum atomic E-state index is -0.501. The Morgan fingerprint density at radius 2 is 2.19 bits per heavy atom. The first-order chi connectivity index (χ1) is 7.66. The number of halogens is 1. The van der Waals surface area contributed by atoms with E-state index in [-0.39, 0.29) is 0 Å². The number of nitrogens with two attached hydrogens (primary N) is 1. The summed E-state index contributed by atoms with van der Waals surface area (Å²) in [5.74, 6) is 0. The van der Waals surface area contributed by atoms with Crippen molar-refractivity contribution in [1.82, 2.24) is 0 Å². The summed E-state index contributed by atoms with van der Waals surface area (Å²) < 4.78 is 1.06. The molecular weight excluding hydrogens is 286 g/mol. The average Bonchev–Trinajstić information content (AvgIpc) is 2.64. The third-order valence-corrected chi connectivity index (χ3v) is 4.31. The van der Waals surface area contributed by atoms with Gasteiger partial charge in [-0.05, 0) is 45.1 Å². The van der Waals surface area contributed by atoms with E-state index < -0.39 is 6.10 Å². The molecule has 0 amide bonds. The van der Waals surface area contributed by atoms with Gasteiger partial charge in [-0.1, -0.05) is 12.1 Å². The van der Waals surface area contributed by atoms with Crippen LogP contribution in [0.5, 0.6) is 0 Å².